The second-order valence-corrected chi connectivity index (χ2v) is 5.20. The molecule has 106 valence electrons. The van der Waals surface area contributed by atoms with Crippen molar-refractivity contribution in [1.29, 1.82) is 0 Å². The summed E-state index contributed by atoms with van der Waals surface area (Å²) in [5.74, 6) is 0.890. The lowest BCUT2D eigenvalue weighted by Gasteiger charge is -2.18. The van der Waals surface area contributed by atoms with Gasteiger partial charge in [-0.2, -0.15) is 0 Å². The van der Waals surface area contributed by atoms with E-state index < -0.39 is 0 Å². The molecule has 0 spiro atoms. The Morgan fingerprint density at radius 3 is 3.00 bits per heavy atom. The first-order valence-electron chi connectivity index (χ1n) is 6.84. The van der Waals surface area contributed by atoms with Crippen LogP contribution in [0.1, 0.15) is 24.2 Å². The smallest absolute Gasteiger partial charge is 0.170 e. The molecule has 20 heavy (non-hydrogen) atoms. The summed E-state index contributed by atoms with van der Waals surface area (Å²) in [4.78, 5) is 5.90. The van der Waals surface area contributed by atoms with Crippen molar-refractivity contribution < 1.29 is 8.81 Å². The molecule has 5 heteroatoms. The fraction of sp³-hybridized carbons (Fsp3) is 0.400. The lowest BCUT2D eigenvalue weighted by molar-refractivity contribution is 0.503. The van der Waals surface area contributed by atoms with Gasteiger partial charge in [0.1, 0.15) is 5.76 Å². The molecule has 0 atom stereocenters. The van der Waals surface area contributed by atoms with Crippen molar-refractivity contribution in [1.82, 2.24) is 10.3 Å². The summed E-state index contributed by atoms with van der Waals surface area (Å²) < 4.78 is 19.7. The van der Waals surface area contributed by atoms with Crippen LogP contribution in [-0.2, 0) is 13.1 Å². The number of hydrogen-bond acceptors (Lipinski definition) is 4. The Bertz CT molecular complexity index is 567. The van der Waals surface area contributed by atoms with E-state index in [2.05, 4.69) is 10.3 Å². The zero-order valence-electron chi connectivity index (χ0n) is 11.5. The third-order valence-corrected chi connectivity index (χ3v) is 3.44. The molecule has 1 aliphatic rings. The molecule has 2 aromatic heterocycles. The van der Waals surface area contributed by atoms with E-state index in [1.54, 1.807) is 23.4 Å². The zero-order valence-corrected chi connectivity index (χ0v) is 11.5. The van der Waals surface area contributed by atoms with Gasteiger partial charge in [-0.25, -0.2) is 9.37 Å². The van der Waals surface area contributed by atoms with E-state index in [-0.39, 0.29) is 5.82 Å². The van der Waals surface area contributed by atoms with E-state index in [1.807, 2.05) is 19.2 Å². The Labute approximate surface area is 117 Å². The molecular weight excluding hydrogens is 257 g/mol. The number of pyridine rings is 1. The van der Waals surface area contributed by atoms with Gasteiger partial charge in [0.05, 0.1) is 12.8 Å². The number of anilines is 1. The molecule has 0 aliphatic heterocycles. The topological polar surface area (TPSA) is 41.3 Å². The summed E-state index contributed by atoms with van der Waals surface area (Å²) in [5, 5.41) is 3.32. The maximum Gasteiger partial charge on any atom is 0.170 e. The van der Waals surface area contributed by atoms with Crippen LogP contribution in [0.25, 0.3) is 0 Å². The minimum absolute atomic E-state index is 0.255. The van der Waals surface area contributed by atoms with Crippen LogP contribution in [0.15, 0.2) is 35.1 Å². The summed E-state index contributed by atoms with van der Waals surface area (Å²) in [5.41, 5.74) is 0.660. The highest BCUT2D eigenvalue weighted by Gasteiger charge is 2.21. The first-order chi connectivity index (χ1) is 9.74. The fourth-order valence-corrected chi connectivity index (χ4v) is 2.13. The third kappa shape index (κ3) is 2.99. The largest absolute Gasteiger partial charge is 0.467 e. The van der Waals surface area contributed by atoms with Crippen LogP contribution >= 0.6 is 0 Å². The molecule has 2 aromatic rings. The van der Waals surface area contributed by atoms with Crippen molar-refractivity contribution in [2.24, 2.45) is 0 Å². The van der Waals surface area contributed by atoms with Gasteiger partial charge in [0, 0.05) is 31.4 Å². The molecule has 1 saturated carbocycles. The van der Waals surface area contributed by atoms with Crippen LogP contribution in [0.3, 0.4) is 0 Å². The molecule has 0 radical (unpaired) electrons. The molecule has 0 bridgehead atoms. The molecule has 1 aliphatic carbocycles. The number of hydrogen-bond donors (Lipinski definition) is 1. The van der Waals surface area contributed by atoms with Crippen LogP contribution in [0.4, 0.5) is 10.2 Å². The highest BCUT2D eigenvalue weighted by molar-refractivity contribution is 5.42. The lowest BCUT2D eigenvalue weighted by atomic mass is 10.2. The second-order valence-electron chi connectivity index (χ2n) is 5.20. The molecular formula is C15H18FN3O. The summed E-state index contributed by atoms with van der Waals surface area (Å²) in [6.45, 7) is 1.05. The van der Waals surface area contributed by atoms with E-state index in [4.69, 9.17) is 4.42 Å². The Hall–Kier alpha value is -1.88. The highest BCUT2D eigenvalue weighted by Crippen LogP contribution is 2.23. The first-order valence-corrected chi connectivity index (χ1v) is 6.84. The van der Waals surface area contributed by atoms with Crippen LogP contribution in [0.2, 0.25) is 0 Å². The molecule has 0 unspecified atom stereocenters. The van der Waals surface area contributed by atoms with Gasteiger partial charge >= 0.3 is 0 Å². The molecule has 4 nitrogen and oxygen atoms in total. The molecule has 0 aromatic carbocycles. The van der Waals surface area contributed by atoms with Crippen molar-refractivity contribution in [2.75, 3.05) is 11.9 Å². The molecule has 0 saturated heterocycles. The van der Waals surface area contributed by atoms with Gasteiger partial charge in [0.2, 0.25) is 0 Å². The van der Waals surface area contributed by atoms with E-state index >= 15 is 0 Å². The Morgan fingerprint density at radius 2 is 2.30 bits per heavy atom. The number of nitrogens with zero attached hydrogens (tertiary/aromatic N) is 2. The van der Waals surface area contributed by atoms with Gasteiger partial charge in [0.25, 0.3) is 0 Å². The van der Waals surface area contributed by atoms with E-state index in [1.165, 1.54) is 12.8 Å². The molecule has 2 heterocycles. The molecule has 0 amide bonds. The summed E-state index contributed by atoms with van der Waals surface area (Å²) >= 11 is 0. The van der Waals surface area contributed by atoms with Gasteiger partial charge in [-0.05, 0) is 31.0 Å². The first kappa shape index (κ1) is 13.1. The van der Waals surface area contributed by atoms with Gasteiger partial charge in [0.15, 0.2) is 11.6 Å². The van der Waals surface area contributed by atoms with Crippen LogP contribution < -0.4 is 10.2 Å². The van der Waals surface area contributed by atoms with Crippen molar-refractivity contribution >= 4 is 5.82 Å². The number of halogens is 1. The van der Waals surface area contributed by atoms with Gasteiger partial charge < -0.3 is 14.6 Å². The third-order valence-electron chi connectivity index (χ3n) is 3.44. The normalized spacial score (nSPS) is 14.5. The Kier molecular flexibility index (Phi) is 3.69. The van der Waals surface area contributed by atoms with E-state index in [0.29, 0.717) is 30.5 Å². The molecule has 1 fully saturated rings. The number of aromatic nitrogens is 1. The Morgan fingerprint density at radius 1 is 1.45 bits per heavy atom. The average molecular weight is 275 g/mol. The molecule has 3 rings (SSSR count). The standard InChI is InChI=1S/C15H18FN3O/c1-19(10-13-3-2-8-20-13)15-14(16)11(6-7-17-15)9-18-12-4-5-12/h2-3,6-8,12,18H,4-5,9-10H2,1H3. The fourth-order valence-electron chi connectivity index (χ4n) is 2.13. The Balaban J connectivity index is 1.72. The predicted octanol–water partition coefficient (Wildman–Crippen LogP) is 2.70. The monoisotopic (exact) mass is 275 g/mol. The van der Waals surface area contributed by atoms with Crippen LogP contribution in [0.5, 0.6) is 0 Å². The highest BCUT2D eigenvalue weighted by atomic mass is 19.1. The van der Waals surface area contributed by atoms with Gasteiger partial charge in [-0.3, -0.25) is 0 Å². The van der Waals surface area contributed by atoms with Crippen molar-refractivity contribution in [3.8, 4) is 0 Å². The van der Waals surface area contributed by atoms with E-state index in [9.17, 15) is 4.39 Å². The van der Waals surface area contributed by atoms with E-state index in [0.717, 1.165) is 5.76 Å². The maximum atomic E-state index is 14.4. The minimum Gasteiger partial charge on any atom is -0.467 e. The SMILES string of the molecule is CN(Cc1ccco1)c1nccc(CNC2CC2)c1F. The van der Waals surface area contributed by atoms with Crippen LogP contribution in [0, 0.1) is 5.82 Å². The lowest BCUT2D eigenvalue weighted by Crippen LogP contribution is -2.21. The molecule has 1 N–H and O–H groups in total. The number of rotatable bonds is 6. The summed E-state index contributed by atoms with van der Waals surface area (Å²) in [6.07, 6.45) is 5.65. The average Bonchev–Trinajstić information content (AvgIpc) is 3.14. The predicted molar refractivity (Wildman–Crippen MR) is 74.9 cm³/mol. The van der Waals surface area contributed by atoms with Gasteiger partial charge in [-0.1, -0.05) is 0 Å². The zero-order chi connectivity index (χ0) is 13.9. The maximum absolute atomic E-state index is 14.4. The van der Waals surface area contributed by atoms with Crippen molar-refractivity contribution in [3.63, 3.8) is 0 Å². The van der Waals surface area contributed by atoms with Crippen molar-refractivity contribution in [2.45, 2.75) is 32.0 Å². The van der Waals surface area contributed by atoms with Crippen LogP contribution in [-0.4, -0.2) is 18.1 Å². The minimum atomic E-state index is -0.255. The summed E-state index contributed by atoms with van der Waals surface area (Å²) in [7, 11) is 1.81. The summed E-state index contributed by atoms with van der Waals surface area (Å²) in [6, 6.07) is 5.98. The number of furan rings is 1. The van der Waals surface area contributed by atoms with Crippen molar-refractivity contribution in [3.05, 3.63) is 47.8 Å². The number of nitrogens with one attached hydrogen (secondary N) is 1. The quantitative estimate of drug-likeness (QED) is 0.880. The second kappa shape index (κ2) is 5.63. The van der Waals surface area contributed by atoms with Gasteiger partial charge in [-0.15, -0.1) is 0 Å².